The molecule has 2 rings (SSSR count). The van der Waals surface area contributed by atoms with E-state index in [2.05, 4.69) is 15.5 Å². The average Bonchev–Trinajstić information content (AvgIpc) is 2.79. The molecule has 1 atom stereocenters. The quantitative estimate of drug-likeness (QED) is 0.780. The zero-order valence-electron chi connectivity index (χ0n) is 10.5. The van der Waals surface area contributed by atoms with Crippen LogP contribution in [-0.4, -0.2) is 22.1 Å². The first-order chi connectivity index (χ1) is 9.04. The molecule has 0 aliphatic heterocycles. The van der Waals surface area contributed by atoms with E-state index in [4.69, 9.17) is 5.73 Å². The molecule has 0 radical (unpaired) electrons. The Hall–Kier alpha value is -2.37. The molecular formula is C13H15FN4O. The third kappa shape index (κ3) is 3.54. The number of nitrogens with one attached hydrogen (secondary N) is 2. The van der Waals surface area contributed by atoms with E-state index in [1.165, 1.54) is 18.2 Å². The summed E-state index contributed by atoms with van der Waals surface area (Å²) in [5.74, 6) is -0.261. The number of nitrogens with two attached hydrogens (primary N) is 1. The van der Waals surface area contributed by atoms with Gasteiger partial charge >= 0.3 is 0 Å². The van der Waals surface area contributed by atoms with E-state index in [-0.39, 0.29) is 23.6 Å². The number of nitrogen functional groups attached to an aromatic ring is 1. The first kappa shape index (κ1) is 13.1. The minimum atomic E-state index is -0.270. The van der Waals surface area contributed by atoms with Crippen molar-refractivity contribution in [2.75, 3.05) is 5.73 Å². The van der Waals surface area contributed by atoms with Gasteiger partial charge in [0.05, 0.1) is 0 Å². The first-order valence-corrected chi connectivity index (χ1v) is 5.91. The van der Waals surface area contributed by atoms with E-state index in [0.29, 0.717) is 12.1 Å². The predicted octanol–water partition coefficient (Wildman–Crippen LogP) is 1.49. The number of hydrogen-bond acceptors (Lipinski definition) is 3. The lowest BCUT2D eigenvalue weighted by Gasteiger charge is -2.13. The number of benzene rings is 1. The normalized spacial score (nSPS) is 12.1. The van der Waals surface area contributed by atoms with Crippen LogP contribution < -0.4 is 11.1 Å². The molecule has 0 bridgehead atoms. The fraction of sp³-hybridized carbons (Fsp3) is 0.231. The molecule has 6 heteroatoms. The standard InChI is InChI=1S/C13H15FN4O/c1-8(6-9-2-4-10(14)5-3-9)16-13(19)11-7-12(15)18-17-11/h2-5,7-8H,6H2,1H3,(H,16,19)(H3,15,17,18). The minimum absolute atomic E-state index is 0.0810. The molecule has 0 aliphatic carbocycles. The molecule has 1 aromatic carbocycles. The van der Waals surface area contributed by atoms with Crippen LogP contribution in [0, 0.1) is 5.82 Å². The number of amides is 1. The lowest BCUT2D eigenvalue weighted by molar-refractivity contribution is 0.0935. The molecule has 1 unspecified atom stereocenters. The van der Waals surface area contributed by atoms with Gasteiger partial charge in [-0.05, 0) is 31.0 Å². The van der Waals surface area contributed by atoms with Gasteiger partial charge in [-0.1, -0.05) is 12.1 Å². The molecule has 1 aromatic heterocycles. The van der Waals surface area contributed by atoms with E-state index in [0.717, 1.165) is 5.56 Å². The van der Waals surface area contributed by atoms with Gasteiger partial charge in [-0.2, -0.15) is 5.10 Å². The number of nitrogens with zero attached hydrogens (tertiary/aromatic N) is 1. The highest BCUT2D eigenvalue weighted by molar-refractivity contribution is 5.93. The molecule has 100 valence electrons. The second-order valence-electron chi connectivity index (χ2n) is 4.41. The van der Waals surface area contributed by atoms with Gasteiger partial charge in [-0.25, -0.2) is 4.39 Å². The summed E-state index contributed by atoms with van der Waals surface area (Å²) >= 11 is 0. The summed E-state index contributed by atoms with van der Waals surface area (Å²) in [6, 6.07) is 7.60. The highest BCUT2D eigenvalue weighted by Gasteiger charge is 2.12. The van der Waals surface area contributed by atoms with E-state index in [1.54, 1.807) is 12.1 Å². The van der Waals surface area contributed by atoms with Crippen molar-refractivity contribution >= 4 is 11.7 Å². The Bertz CT molecular complexity index is 564. The van der Waals surface area contributed by atoms with Gasteiger partial charge < -0.3 is 11.1 Å². The number of aromatic nitrogens is 2. The number of rotatable bonds is 4. The third-order valence-corrected chi connectivity index (χ3v) is 2.67. The van der Waals surface area contributed by atoms with Crippen molar-refractivity contribution in [3.63, 3.8) is 0 Å². The van der Waals surface area contributed by atoms with Crippen LogP contribution in [0.1, 0.15) is 23.0 Å². The molecular weight excluding hydrogens is 247 g/mol. The smallest absolute Gasteiger partial charge is 0.269 e. The van der Waals surface area contributed by atoms with Crippen LogP contribution in [-0.2, 0) is 6.42 Å². The SMILES string of the molecule is CC(Cc1ccc(F)cc1)NC(=O)c1cc(N)n[nH]1. The largest absolute Gasteiger partial charge is 0.382 e. The zero-order chi connectivity index (χ0) is 13.8. The summed E-state index contributed by atoms with van der Waals surface area (Å²) in [6.07, 6.45) is 0.621. The first-order valence-electron chi connectivity index (χ1n) is 5.91. The lowest BCUT2D eigenvalue weighted by Crippen LogP contribution is -2.34. The van der Waals surface area contributed by atoms with Gasteiger partial charge in [0.2, 0.25) is 0 Å². The summed E-state index contributed by atoms with van der Waals surface area (Å²) in [5, 5.41) is 9.05. The van der Waals surface area contributed by atoms with E-state index < -0.39 is 0 Å². The van der Waals surface area contributed by atoms with Crippen molar-refractivity contribution in [1.82, 2.24) is 15.5 Å². The second kappa shape index (κ2) is 5.51. The molecule has 0 saturated heterocycles. The fourth-order valence-corrected chi connectivity index (χ4v) is 1.78. The Labute approximate surface area is 110 Å². The Morgan fingerprint density at radius 1 is 1.47 bits per heavy atom. The molecule has 0 spiro atoms. The summed E-state index contributed by atoms with van der Waals surface area (Å²) in [6.45, 7) is 1.88. The summed E-state index contributed by atoms with van der Waals surface area (Å²) in [5.41, 5.74) is 6.71. The maximum atomic E-state index is 12.8. The van der Waals surface area contributed by atoms with Gasteiger partial charge in [0.1, 0.15) is 17.3 Å². The maximum absolute atomic E-state index is 12.8. The van der Waals surface area contributed by atoms with Gasteiger partial charge in [0, 0.05) is 12.1 Å². The average molecular weight is 262 g/mol. The van der Waals surface area contributed by atoms with Crippen LogP contribution >= 0.6 is 0 Å². The van der Waals surface area contributed by atoms with Crippen LogP contribution in [0.25, 0.3) is 0 Å². The number of H-pyrrole nitrogens is 1. The van der Waals surface area contributed by atoms with Crippen LogP contribution in [0.5, 0.6) is 0 Å². The van der Waals surface area contributed by atoms with Crippen molar-refractivity contribution in [3.8, 4) is 0 Å². The topological polar surface area (TPSA) is 83.8 Å². The summed E-state index contributed by atoms with van der Waals surface area (Å²) in [4.78, 5) is 11.8. The number of halogens is 1. The Morgan fingerprint density at radius 2 is 2.16 bits per heavy atom. The number of aromatic amines is 1. The van der Waals surface area contributed by atoms with Crippen molar-refractivity contribution in [1.29, 1.82) is 0 Å². The van der Waals surface area contributed by atoms with Crippen LogP contribution in [0.3, 0.4) is 0 Å². The highest BCUT2D eigenvalue weighted by atomic mass is 19.1. The van der Waals surface area contributed by atoms with Crippen LogP contribution in [0.4, 0.5) is 10.2 Å². The monoisotopic (exact) mass is 262 g/mol. The molecule has 4 N–H and O–H groups in total. The van der Waals surface area contributed by atoms with E-state index >= 15 is 0 Å². The van der Waals surface area contributed by atoms with Crippen LogP contribution in [0.2, 0.25) is 0 Å². The van der Waals surface area contributed by atoms with Crippen molar-refractivity contribution in [2.24, 2.45) is 0 Å². The van der Waals surface area contributed by atoms with Gasteiger partial charge in [-0.3, -0.25) is 9.89 Å². The lowest BCUT2D eigenvalue weighted by atomic mass is 10.1. The Balaban J connectivity index is 1.92. The van der Waals surface area contributed by atoms with Crippen molar-refractivity contribution in [3.05, 3.63) is 47.4 Å². The fourth-order valence-electron chi connectivity index (χ4n) is 1.78. The van der Waals surface area contributed by atoms with Gasteiger partial charge in [0.15, 0.2) is 0 Å². The molecule has 5 nitrogen and oxygen atoms in total. The third-order valence-electron chi connectivity index (χ3n) is 2.67. The molecule has 0 aliphatic rings. The molecule has 1 amide bonds. The van der Waals surface area contributed by atoms with Crippen LogP contribution in [0.15, 0.2) is 30.3 Å². The molecule has 19 heavy (non-hydrogen) atoms. The summed E-state index contributed by atoms with van der Waals surface area (Å²) < 4.78 is 12.8. The number of anilines is 1. The zero-order valence-corrected chi connectivity index (χ0v) is 10.5. The second-order valence-corrected chi connectivity index (χ2v) is 4.41. The highest BCUT2D eigenvalue weighted by Crippen LogP contribution is 2.07. The Morgan fingerprint density at radius 3 is 2.74 bits per heavy atom. The van der Waals surface area contributed by atoms with Crippen molar-refractivity contribution in [2.45, 2.75) is 19.4 Å². The van der Waals surface area contributed by atoms with Gasteiger partial charge in [-0.15, -0.1) is 0 Å². The van der Waals surface area contributed by atoms with Crippen molar-refractivity contribution < 1.29 is 9.18 Å². The Kier molecular flexibility index (Phi) is 3.79. The predicted molar refractivity (Wildman–Crippen MR) is 70.0 cm³/mol. The molecule has 0 saturated carbocycles. The molecule has 0 fully saturated rings. The van der Waals surface area contributed by atoms with E-state index in [9.17, 15) is 9.18 Å². The molecule has 1 heterocycles. The maximum Gasteiger partial charge on any atom is 0.269 e. The minimum Gasteiger partial charge on any atom is -0.382 e. The number of hydrogen-bond donors (Lipinski definition) is 3. The number of carbonyl (C=O) groups excluding carboxylic acids is 1. The molecule has 2 aromatic rings. The van der Waals surface area contributed by atoms with Gasteiger partial charge in [0.25, 0.3) is 5.91 Å². The van der Waals surface area contributed by atoms with E-state index in [1.807, 2.05) is 6.92 Å². The number of carbonyl (C=O) groups is 1. The summed E-state index contributed by atoms with van der Waals surface area (Å²) in [7, 11) is 0.